The Kier molecular flexibility index (Phi) is 6.36. The lowest BCUT2D eigenvalue weighted by atomic mass is 10.2. The molecule has 0 heterocycles. The molecular formula is C22H16F3NO4. The third kappa shape index (κ3) is 4.96. The Hall–Kier alpha value is -3.81. The van der Waals surface area contributed by atoms with Gasteiger partial charge in [0.05, 0.1) is 11.3 Å². The van der Waals surface area contributed by atoms with Crippen LogP contribution in [0.5, 0.6) is 11.5 Å². The normalized spacial score (nSPS) is 11.5. The second-order valence-corrected chi connectivity index (χ2v) is 6.20. The zero-order valence-electron chi connectivity index (χ0n) is 15.7. The molecule has 0 aliphatic heterocycles. The lowest BCUT2D eigenvalue weighted by molar-refractivity contribution is -0.123. The Morgan fingerprint density at radius 3 is 2.30 bits per heavy atom. The van der Waals surface area contributed by atoms with Gasteiger partial charge in [0.15, 0.2) is 23.6 Å². The quantitative estimate of drug-likeness (QED) is 0.451. The monoisotopic (exact) mass is 415 g/mol. The van der Waals surface area contributed by atoms with E-state index in [0.29, 0.717) is 17.6 Å². The fourth-order valence-corrected chi connectivity index (χ4v) is 2.45. The molecule has 0 bridgehead atoms. The van der Waals surface area contributed by atoms with E-state index >= 15 is 0 Å². The van der Waals surface area contributed by atoms with Gasteiger partial charge in [0.1, 0.15) is 11.5 Å². The van der Waals surface area contributed by atoms with Crippen molar-refractivity contribution in [1.29, 1.82) is 0 Å². The minimum atomic E-state index is -1.72. The summed E-state index contributed by atoms with van der Waals surface area (Å²) in [6.45, 7) is 1.26. The van der Waals surface area contributed by atoms with E-state index < -0.39 is 41.1 Å². The number of ether oxygens (including phenoxy) is 2. The molecule has 0 saturated carbocycles. The van der Waals surface area contributed by atoms with Crippen molar-refractivity contribution in [2.75, 3.05) is 5.32 Å². The van der Waals surface area contributed by atoms with E-state index in [9.17, 15) is 22.8 Å². The van der Waals surface area contributed by atoms with Crippen LogP contribution in [0.3, 0.4) is 0 Å². The van der Waals surface area contributed by atoms with Gasteiger partial charge < -0.3 is 14.8 Å². The van der Waals surface area contributed by atoms with Crippen LogP contribution >= 0.6 is 0 Å². The van der Waals surface area contributed by atoms with Gasteiger partial charge in [-0.05, 0) is 49.4 Å². The Labute approximate surface area is 170 Å². The summed E-state index contributed by atoms with van der Waals surface area (Å²) < 4.78 is 50.6. The minimum absolute atomic E-state index is 0.127. The molecule has 3 aromatic rings. The number of anilines is 1. The molecule has 0 saturated heterocycles. The number of hydrogen-bond acceptors (Lipinski definition) is 4. The van der Waals surface area contributed by atoms with Crippen LogP contribution in [0.2, 0.25) is 0 Å². The van der Waals surface area contributed by atoms with Crippen molar-refractivity contribution < 1.29 is 32.2 Å². The molecule has 0 aromatic heterocycles. The van der Waals surface area contributed by atoms with Crippen molar-refractivity contribution in [2.24, 2.45) is 0 Å². The zero-order chi connectivity index (χ0) is 21.7. The van der Waals surface area contributed by atoms with E-state index in [0.717, 1.165) is 6.07 Å². The first kappa shape index (κ1) is 20.9. The van der Waals surface area contributed by atoms with E-state index in [-0.39, 0.29) is 5.56 Å². The molecule has 3 aromatic carbocycles. The maximum absolute atomic E-state index is 13.7. The van der Waals surface area contributed by atoms with E-state index in [2.05, 4.69) is 5.32 Å². The maximum atomic E-state index is 13.7. The number of carbonyl (C=O) groups is 2. The number of amides is 1. The van der Waals surface area contributed by atoms with Crippen molar-refractivity contribution in [2.45, 2.75) is 13.0 Å². The van der Waals surface area contributed by atoms with Gasteiger partial charge in [-0.1, -0.05) is 24.3 Å². The summed E-state index contributed by atoms with van der Waals surface area (Å²) in [5, 5.41) is 2.06. The van der Waals surface area contributed by atoms with Crippen molar-refractivity contribution in [3.63, 3.8) is 0 Å². The molecule has 0 unspecified atom stereocenters. The summed E-state index contributed by atoms with van der Waals surface area (Å²) in [5.41, 5.74) is -0.442. The predicted molar refractivity (Wildman–Crippen MR) is 103 cm³/mol. The van der Waals surface area contributed by atoms with Crippen LogP contribution in [0.1, 0.15) is 17.3 Å². The first-order valence-electron chi connectivity index (χ1n) is 8.83. The molecule has 5 nitrogen and oxygen atoms in total. The number of esters is 1. The predicted octanol–water partition coefficient (Wildman–Crippen LogP) is 5.08. The van der Waals surface area contributed by atoms with Gasteiger partial charge in [0.2, 0.25) is 0 Å². The average molecular weight is 415 g/mol. The van der Waals surface area contributed by atoms with Gasteiger partial charge in [-0.2, -0.15) is 0 Å². The standard InChI is InChI=1S/C22H16F3NO4/c1-13(21(27)26-18-11-10-17(23)19(24)20(18)25)29-22(28)14-6-5-9-16(12-14)30-15-7-3-2-4-8-15/h2-13H,1H3,(H,26,27)/t13-/m1/s1. The van der Waals surface area contributed by atoms with E-state index in [4.69, 9.17) is 9.47 Å². The third-order valence-electron chi connectivity index (χ3n) is 3.99. The van der Waals surface area contributed by atoms with Crippen molar-refractivity contribution in [3.05, 3.63) is 89.7 Å². The highest BCUT2D eigenvalue weighted by atomic mass is 19.2. The number of rotatable bonds is 6. The van der Waals surface area contributed by atoms with E-state index in [1.807, 2.05) is 6.07 Å². The number of para-hydroxylation sites is 1. The molecule has 8 heteroatoms. The topological polar surface area (TPSA) is 64.6 Å². The molecule has 0 aliphatic carbocycles. The molecule has 0 radical (unpaired) electrons. The first-order chi connectivity index (χ1) is 14.3. The Morgan fingerprint density at radius 1 is 0.867 bits per heavy atom. The highest BCUT2D eigenvalue weighted by Crippen LogP contribution is 2.23. The number of halogens is 3. The highest BCUT2D eigenvalue weighted by Gasteiger charge is 2.22. The Morgan fingerprint density at radius 2 is 1.57 bits per heavy atom. The molecule has 1 atom stereocenters. The molecule has 3 rings (SSSR count). The van der Waals surface area contributed by atoms with Gasteiger partial charge in [0.25, 0.3) is 5.91 Å². The van der Waals surface area contributed by atoms with Crippen LogP contribution in [0.15, 0.2) is 66.7 Å². The van der Waals surface area contributed by atoms with Gasteiger partial charge in [0, 0.05) is 0 Å². The second-order valence-electron chi connectivity index (χ2n) is 6.20. The lowest BCUT2D eigenvalue weighted by Crippen LogP contribution is -2.30. The number of carbonyl (C=O) groups excluding carboxylic acids is 2. The number of nitrogens with one attached hydrogen (secondary N) is 1. The van der Waals surface area contributed by atoms with Crippen LogP contribution in [-0.4, -0.2) is 18.0 Å². The fraction of sp³-hybridized carbons (Fsp3) is 0.0909. The summed E-state index contributed by atoms with van der Waals surface area (Å²) in [6.07, 6.45) is -1.33. The Balaban J connectivity index is 1.64. The molecule has 0 fully saturated rings. The molecule has 30 heavy (non-hydrogen) atoms. The summed E-state index contributed by atoms with van der Waals surface area (Å²) in [6, 6.07) is 16.6. The van der Waals surface area contributed by atoms with Crippen LogP contribution in [0.25, 0.3) is 0 Å². The average Bonchev–Trinajstić information content (AvgIpc) is 2.75. The summed E-state index contributed by atoms with van der Waals surface area (Å²) in [5.74, 6) is -5.42. The summed E-state index contributed by atoms with van der Waals surface area (Å²) in [7, 11) is 0. The molecule has 0 aliphatic rings. The molecule has 0 spiro atoms. The second kappa shape index (κ2) is 9.13. The smallest absolute Gasteiger partial charge is 0.339 e. The van der Waals surface area contributed by atoms with Crippen molar-refractivity contribution in [1.82, 2.24) is 0 Å². The van der Waals surface area contributed by atoms with Gasteiger partial charge >= 0.3 is 5.97 Å². The Bertz CT molecular complexity index is 1070. The zero-order valence-corrected chi connectivity index (χ0v) is 15.7. The van der Waals surface area contributed by atoms with Crippen molar-refractivity contribution in [3.8, 4) is 11.5 Å². The fourth-order valence-electron chi connectivity index (χ4n) is 2.45. The lowest BCUT2D eigenvalue weighted by Gasteiger charge is -2.14. The molecule has 1 amide bonds. The van der Waals surface area contributed by atoms with Crippen LogP contribution in [0.4, 0.5) is 18.9 Å². The number of hydrogen-bond donors (Lipinski definition) is 1. The SMILES string of the molecule is C[C@@H](OC(=O)c1cccc(Oc2ccccc2)c1)C(=O)Nc1ccc(F)c(F)c1F. The first-order valence-corrected chi connectivity index (χ1v) is 8.83. The van der Waals surface area contributed by atoms with Gasteiger partial charge in [-0.25, -0.2) is 18.0 Å². The molecule has 154 valence electrons. The van der Waals surface area contributed by atoms with Gasteiger partial charge in [-0.15, -0.1) is 0 Å². The summed E-state index contributed by atoms with van der Waals surface area (Å²) >= 11 is 0. The number of benzene rings is 3. The maximum Gasteiger partial charge on any atom is 0.339 e. The third-order valence-corrected chi connectivity index (χ3v) is 3.99. The van der Waals surface area contributed by atoms with Crippen LogP contribution < -0.4 is 10.1 Å². The van der Waals surface area contributed by atoms with Gasteiger partial charge in [-0.3, -0.25) is 4.79 Å². The van der Waals surface area contributed by atoms with E-state index in [1.165, 1.54) is 19.1 Å². The largest absolute Gasteiger partial charge is 0.457 e. The van der Waals surface area contributed by atoms with Crippen molar-refractivity contribution >= 4 is 17.6 Å². The molecular weight excluding hydrogens is 399 g/mol. The van der Waals surface area contributed by atoms with Crippen LogP contribution in [-0.2, 0) is 9.53 Å². The summed E-state index contributed by atoms with van der Waals surface area (Å²) in [4.78, 5) is 24.5. The van der Waals surface area contributed by atoms with E-state index in [1.54, 1.807) is 36.4 Å². The molecule has 1 N–H and O–H groups in total. The highest BCUT2D eigenvalue weighted by molar-refractivity contribution is 5.97. The minimum Gasteiger partial charge on any atom is -0.457 e. The van der Waals surface area contributed by atoms with Crippen LogP contribution in [0, 0.1) is 17.5 Å².